The highest BCUT2D eigenvalue weighted by atomic mass is 16.4. The van der Waals surface area contributed by atoms with Crippen LogP contribution in [0.4, 0.5) is 0 Å². The second-order valence-corrected chi connectivity index (χ2v) is 7.81. The second kappa shape index (κ2) is 8.59. The number of carbonyl (C=O) groups excluding carboxylic acids is 1. The summed E-state index contributed by atoms with van der Waals surface area (Å²) in [5, 5.41) is 13.9. The molecule has 1 fully saturated rings. The lowest BCUT2D eigenvalue weighted by molar-refractivity contribution is -0.145. The third-order valence-electron chi connectivity index (χ3n) is 5.70. The van der Waals surface area contributed by atoms with Crippen molar-refractivity contribution < 1.29 is 14.7 Å². The molecule has 0 aliphatic carbocycles. The Balaban J connectivity index is 1.63. The molecule has 0 radical (unpaired) electrons. The van der Waals surface area contributed by atoms with E-state index in [0.29, 0.717) is 38.9 Å². The second-order valence-electron chi connectivity index (χ2n) is 7.81. The van der Waals surface area contributed by atoms with Crippen molar-refractivity contribution in [2.45, 2.75) is 53.0 Å². The van der Waals surface area contributed by atoms with Crippen LogP contribution in [0.25, 0.3) is 0 Å². The van der Waals surface area contributed by atoms with Crippen molar-refractivity contribution in [3.05, 3.63) is 52.3 Å². The Bertz CT molecular complexity index is 855. The lowest BCUT2D eigenvalue weighted by atomic mass is 9.97. The van der Waals surface area contributed by atoms with E-state index in [1.807, 2.05) is 11.6 Å². The third kappa shape index (κ3) is 4.61. The van der Waals surface area contributed by atoms with Crippen LogP contribution in [0.15, 0.2) is 24.3 Å². The molecule has 0 saturated carbocycles. The smallest absolute Gasteiger partial charge is 0.308 e. The fraction of sp³-hybridized carbons (Fsp3) is 0.500. The van der Waals surface area contributed by atoms with Gasteiger partial charge in [-0.2, -0.15) is 5.10 Å². The molecule has 1 aliphatic rings. The van der Waals surface area contributed by atoms with Crippen LogP contribution in [0.2, 0.25) is 0 Å². The lowest BCUT2D eigenvalue weighted by Crippen LogP contribution is -2.42. The van der Waals surface area contributed by atoms with Gasteiger partial charge in [0.2, 0.25) is 5.91 Å². The summed E-state index contributed by atoms with van der Waals surface area (Å²) in [6.45, 7) is 7.82. The first-order valence-corrected chi connectivity index (χ1v) is 9.94. The molecule has 1 unspecified atom stereocenters. The van der Waals surface area contributed by atoms with Gasteiger partial charge in [0.15, 0.2) is 0 Å². The number of carboxylic acid groups (broad SMARTS) is 1. The molecule has 2 heterocycles. The number of aliphatic carboxylic acids is 1. The number of carboxylic acids is 1. The molecular formula is C22H29N3O3. The molecule has 0 spiro atoms. The van der Waals surface area contributed by atoms with Crippen molar-refractivity contribution in [2.75, 3.05) is 13.1 Å². The minimum absolute atomic E-state index is 0.0380. The standard InChI is InChI=1S/C22H29N3O3/c1-15-6-8-18(9-7-15)13-25-17(3)20(16(2)23-25)10-11-21(26)24-12-4-5-19(14-24)22(27)28/h6-9,19H,4-5,10-14H2,1-3H3,(H,27,28). The van der Waals surface area contributed by atoms with E-state index in [-0.39, 0.29) is 5.91 Å². The molecule has 1 aromatic heterocycles. The summed E-state index contributed by atoms with van der Waals surface area (Å²) in [4.78, 5) is 25.5. The molecule has 1 aliphatic heterocycles. The van der Waals surface area contributed by atoms with Crippen LogP contribution in [0.5, 0.6) is 0 Å². The molecule has 0 bridgehead atoms. The first-order valence-electron chi connectivity index (χ1n) is 9.94. The Kier molecular flexibility index (Phi) is 6.17. The topological polar surface area (TPSA) is 75.4 Å². The SMILES string of the molecule is Cc1ccc(Cn2nc(C)c(CCC(=O)N3CCCC(C(=O)O)C3)c2C)cc1. The summed E-state index contributed by atoms with van der Waals surface area (Å²) < 4.78 is 2.00. The summed E-state index contributed by atoms with van der Waals surface area (Å²) in [6.07, 6.45) is 2.45. The van der Waals surface area contributed by atoms with Crippen LogP contribution in [0, 0.1) is 26.7 Å². The highest BCUT2D eigenvalue weighted by Crippen LogP contribution is 2.20. The zero-order valence-corrected chi connectivity index (χ0v) is 16.9. The van der Waals surface area contributed by atoms with Crippen molar-refractivity contribution >= 4 is 11.9 Å². The average molecular weight is 383 g/mol. The number of rotatable bonds is 6. The van der Waals surface area contributed by atoms with E-state index in [1.165, 1.54) is 11.1 Å². The minimum Gasteiger partial charge on any atom is -0.481 e. The van der Waals surface area contributed by atoms with Gasteiger partial charge in [-0.1, -0.05) is 29.8 Å². The van der Waals surface area contributed by atoms with E-state index in [4.69, 9.17) is 0 Å². The van der Waals surface area contributed by atoms with Crippen LogP contribution in [0.3, 0.4) is 0 Å². The highest BCUT2D eigenvalue weighted by Gasteiger charge is 2.28. The van der Waals surface area contributed by atoms with Crippen LogP contribution >= 0.6 is 0 Å². The first-order chi connectivity index (χ1) is 13.3. The van der Waals surface area contributed by atoms with Gasteiger partial charge in [0.05, 0.1) is 18.2 Å². The molecule has 6 heteroatoms. The number of amides is 1. The van der Waals surface area contributed by atoms with Gasteiger partial charge in [-0.25, -0.2) is 0 Å². The lowest BCUT2D eigenvalue weighted by Gasteiger charge is -2.30. The number of benzene rings is 1. The van der Waals surface area contributed by atoms with E-state index >= 15 is 0 Å². The molecule has 1 amide bonds. The van der Waals surface area contributed by atoms with Gasteiger partial charge in [-0.05, 0) is 51.2 Å². The molecule has 1 atom stereocenters. The largest absolute Gasteiger partial charge is 0.481 e. The number of hydrogen-bond donors (Lipinski definition) is 1. The number of piperidine rings is 1. The number of aromatic nitrogens is 2. The van der Waals surface area contributed by atoms with Crippen LogP contribution in [0.1, 0.15) is 47.3 Å². The Morgan fingerprint density at radius 1 is 1.18 bits per heavy atom. The molecular weight excluding hydrogens is 354 g/mol. The van der Waals surface area contributed by atoms with Gasteiger partial charge in [0.25, 0.3) is 0 Å². The van der Waals surface area contributed by atoms with Gasteiger partial charge in [-0.15, -0.1) is 0 Å². The summed E-state index contributed by atoms with van der Waals surface area (Å²) in [5.41, 5.74) is 5.60. The first kappa shape index (κ1) is 20.1. The van der Waals surface area contributed by atoms with Crippen molar-refractivity contribution in [1.29, 1.82) is 0 Å². The van der Waals surface area contributed by atoms with Crippen molar-refractivity contribution in [3.63, 3.8) is 0 Å². The molecule has 28 heavy (non-hydrogen) atoms. The van der Waals surface area contributed by atoms with Gasteiger partial charge in [0.1, 0.15) is 0 Å². The molecule has 150 valence electrons. The van der Waals surface area contributed by atoms with Crippen molar-refractivity contribution in [1.82, 2.24) is 14.7 Å². The predicted octanol–water partition coefficient (Wildman–Crippen LogP) is 3.11. The maximum atomic E-state index is 12.6. The van der Waals surface area contributed by atoms with E-state index in [1.54, 1.807) is 4.90 Å². The molecule has 1 saturated heterocycles. The third-order valence-corrected chi connectivity index (χ3v) is 5.70. The number of aryl methyl sites for hydroxylation is 2. The van der Waals surface area contributed by atoms with E-state index in [0.717, 1.165) is 23.4 Å². The van der Waals surface area contributed by atoms with Gasteiger partial charge < -0.3 is 10.0 Å². The minimum atomic E-state index is -0.804. The van der Waals surface area contributed by atoms with Gasteiger partial charge in [-0.3, -0.25) is 14.3 Å². The Morgan fingerprint density at radius 2 is 1.89 bits per heavy atom. The quantitative estimate of drug-likeness (QED) is 0.832. The zero-order valence-electron chi connectivity index (χ0n) is 16.9. The average Bonchev–Trinajstić information content (AvgIpc) is 2.94. The summed E-state index contributed by atoms with van der Waals surface area (Å²) in [6, 6.07) is 8.43. The van der Waals surface area contributed by atoms with Crippen LogP contribution in [-0.4, -0.2) is 44.8 Å². The Hall–Kier alpha value is -2.63. The molecule has 2 aromatic rings. The van der Waals surface area contributed by atoms with E-state index < -0.39 is 11.9 Å². The van der Waals surface area contributed by atoms with Crippen molar-refractivity contribution in [3.8, 4) is 0 Å². The Morgan fingerprint density at radius 3 is 2.57 bits per heavy atom. The van der Waals surface area contributed by atoms with Crippen LogP contribution < -0.4 is 0 Å². The molecule has 3 rings (SSSR count). The van der Waals surface area contributed by atoms with E-state index in [9.17, 15) is 14.7 Å². The maximum absolute atomic E-state index is 12.6. The van der Waals surface area contributed by atoms with Gasteiger partial charge in [0, 0.05) is 25.2 Å². The number of carbonyl (C=O) groups is 2. The fourth-order valence-electron chi connectivity index (χ4n) is 3.91. The fourth-order valence-corrected chi connectivity index (χ4v) is 3.91. The normalized spacial score (nSPS) is 17.0. The number of likely N-dealkylation sites (tertiary alicyclic amines) is 1. The zero-order chi connectivity index (χ0) is 20.3. The molecule has 6 nitrogen and oxygen atoms in total. The van der Waals surface area contributed by atoms with Gasteiger partial charge >= 0.3 is 5.97 Å². The van der Waals surface area contributed by atoms with Crippen LogP contribution in [-0.2, 0) is 22.6 Å². The van der Waals surface area contributed by atoms with Crippen molar-refractivity contribution in [2.24, 2.45) is 5.92 Å². The summed E-state index contributed by atoms with van der Waals surface area (Å²) in [5.74, 6) is -1.20. The predicted molar refractivity (Wildman–Crippen MR) is 107 cm³/mol. The molecule has 1 aromatic carbocycles. The number of hydrogen-bond acceptors (Lipinski definition) is 3. The Labute approximate surface area is 166 Å². The van der Waals surface area contributed by atoms with E-state index in [2.05, 4.69) is 43.2 Å². The highest BCUT2D eigenvalue weighted by molar-refractivity contribution is 5.78. The summed E-state index contributed by atoms with van der Waals surface area (Å²) >= 11 is 0. The summed E-state index contributed by atoms with van der Waals surface area (Å²) in [7, 11) is 0. The number of nitrogens with zero attached hydrogens (tertiary/aromatic N) is 3. The monoisotopic (exact) mass is 383 g/mol. The molecule has 1 N–H and O–H groups in total. The maximum Gasteiger partial charge on any atom is 0.308 e.